The number of para-hydroxylation sites is 2. The summed E-state index contributed by atoms with van der Waals surface area (Å²) in [6.45, 7) is 3.35. The van der Waals surface area contributed by atoms with E-state index in [1.54, 1.807) is 26.0 Å². The first kappa shape index (κ1) is 21.9. The Morgan fingerprint density at radius 2 is 1.74 bits per heavy atom. The Kier molecular flexibility index (Phi) is 5.68. The van der Waals surface area contributed by atoms with E-state index in [9.17, 15) is 14.4 Å². The van der Waals surface area contributed by atoms with Crippen LogP contribution in [0.25, 0.3) is 20.4 Å². The zero-order chi connectivity index (χ0) is 23.8. The normalized spacial score (nSPS) is 12.1. The summed E-state index contributed by atoms with van der Waals surface area (Å²) in [4.78, 5) is 48.6. The Hall–Kier alpha value is -3.89. The maximum Gasteiger partial charge on any atom is 0.266 e. The third-order valence-corrected chi connectivity index (χ3v) is 7.58. The lowest BCUT2D eigenvalue weighted by Crippen LogP contribution is -2.31. The summed E-state index contributed by atoms with van der Waals surface area (Å²) in [5, 5.41) is 6.43. The van der Waals surface area contributed by atoms with Gasteiger partial charge in [0.25, 0.3) is 11.5 Å². The summed E-state index contributed by atoms with van der Waals surface area (Å²) in [5.41, 5.74) is 1.63. The van der Waals surface area contributed by atoms with Gasteiger partial charge in [-0.3, -0.25) is 19.0 Å². The largest absolute Gasteiger partial charge is 0.321 e. The number of hydrogen-bond acceptors (Lipinski definition) is 7. The standard InChI is InChI=1S/C24H19N5O3S2/c1-13-18-22(34-19(13)21(31)26-15-8-4-3-5-9-15)25-12-29(23(18)32)14(2)20(30)28-24-27-16-10-6-7-11-17(16)33-24/h3-12,14H,1-2H3,(H,26,31)(H,27,28,30). The molecule has 1 unspecified atom stereocenters. The molecule has 0 bridgehead atoms. The van der Waals surface area contributed by atoms with Crippen molar-refractivity contribution in [2.45, 2.75) is 19.9 Å². The minimum Gasteiger partial charge on any atom is -0.321 e. The topological polar surface area (TPSA) is 106 Å². The van der Waals surface area contributed by atoms with Gasteiger partial charge in [0.15, 0.2) is 5.13 Å². The Morgan fingerprint density at radius 1 is 1.00 bits per heavy atom. The molecule has 170 valence electrons. The van der Waals surface area contributed by atoms with Gasteiger partial charge >= 0.3 is 0 Å². The smallest absolute Gasteiger partial charge is 0.266 e. The average molecular weight is 490 g/mol. The first-order valence-electron chi connectivity index (χ1n) is 10.5. The van der Waals surface area contributed by atoms with Crippen LogP contribution in [0.4, 0.5) is 10.8 Å². The van der Waals surface area contributed by atoms with Gasteiger partial charge in [-0.1, -0.05) is 41.7 Å². The van der Waals surface area contributed by atoms with Crippen LogP contribution in [-0.4, -0.2) is 26.3 Å². The molecule has 8 nitrogen and oxygen atoms in total. The van der Waals surface area contributed by atoms with E-state index in [1.165, 1.54) is 22.2 Å². The van der Waals surface area contributed by atoms with Crippen molar-refractivity contribution >= 4 is 65.7 Å². The molecule has 0 saturated heterocycles. The van der Waals surface area contributed by atoms with E-state index >= 15 is 0 Å². The first-order chi connectivity index (χ1) is 16.4. The van der Waals surface area contributed by atoms with Gasteiger partial charge in [0.2, 0.25) is 5.91 Å². The predicted molar refractivity (Wildman–Crippen MR) is 136 cm³/mol. The quantitative estimate of drug-likeness (QED) is 0.368. The number of nitrogens with one attached hydrogen (secondary N) is 2. The fourth-order valence-electron chi connectivity index (χ4n) is 3.60. The number of fused-ring (bicyclic) bond motifs is 2. The van der Waals surface area contributed by atoms with E-state index in [0.29, 0.717) is 31.5 Å². The molecule has 0 fully saturated rings. The van der Waals surface area contributed by atoms with E-state index < -0.39 is 6.04 Å². The molecule has 0 saturated carbocycles. The van der Waals surface area contributed by atoms with Crippen LogP contribution in [0.1, 0.15) is 28.2 Å². The highest BCUT2D eigenvalue weighted by Gasteiger charge is 2.23. The molecule has 0 aliphatic rings. The summed E-state index contributed by atoms with van der Waals surface area (Å²) in [6.07, 6.45) is 1.35. The minimum absolute atomic E-state index is 0.306. The number of carbonyl (C=O) groups is 2. The zero-order valence-corrected chi connectivity index (χ0v) is 19.9. The molecule has 0 spiro atoms. The van der Waals surface area contributed by atoms with Gasteiger partial charge in [-0.2, -0.15) is 0 Å². The van der Waals surface area contributed by atoms with Crippen LogP contribution < -0.4 is 16.2 Å². The molecule has 3 heterocycles. The molecule has 2 N–H and O–H groups in total. The van der Waals surface area contributed by atoms with Crippen LogP contribution in [-0.2, 0) is 4.79 Å². The minimum atomic E-state index is -0.822. The van der Waals surface area contributed by atoms with E-state index in [-0.39, 0.29) is 17.4 Å². The Labute approximate surface area is 201 Å². The predicted octanol–water partition coefficient (Wildman–Crippen LogP) is 4.83. The van der Waals surface area contributed by atoms with Gasteiger partial charge in [-0.25, -0.2) is 9.97 Å². The van der Waals surface area contributed by atoms with E-state index in [0.717, 1.165) is 21.6 Å². The zero-order valence-electron chi connectivity index (χ0n) is 18.2. The molecule has 10 heteroatoms. The van der Waals surface area contributed by atoms with Crippen LogP contribution in [0.15, 0.2) is 65.7 Å². The third kappa shape index (κ3) is 3.97. The van der Waals surface area contributed by atoms with Crippen LogP contribution in [0.3, 0.4) is 0 Å². The molecule has 2 aromatic carbocycles. The number of rotatable bonds is 5. The Balaban J connectivity index is 1.42. The molecule has 0 aliphatic heterocycles. The van der Waals surface area contributed by atoms with Gasteiger partial charge in [-0.05, 0) is 43.7 Å². The number of anilines is 2. The lowest BCUT2D eigenvalue weighted by molar-refractivity contribution is -0.118. The molecule has 3 aromatic heterocycles. The summed E-state index contributed by atoms with van der Waals surface area (Å²) >= 11 is 2.52. The number of amides is 2. The highest BCUT2D eigenvalue weighted by atomic mass is 32.1. The van der Waals surface area contributed by atoms with Crippen molar-refractivity contribution in [2.24, 2.45) is 0 Å². The van der Waals surface area contributed by atoms with Gasteiger partial charge in [-0.15, -0.1) is 11.3 Å². The average Bonchev–Trinajstić information content (AvgIpc) is 3.40. The Morgan fingerprint density at radius 3 is 2.50 bits per heavy atom. The van der Waals surface area contributed by atoms with Crippen molar-refractivity contribution < 1.29 is 9.59 Å². The molecule has 2 amide bonds. The molecule has 34 heavy (non-hydrogen) atoms. The molecule has 1 atom stereocenters. The second-order valence-electron chi connectivity index (χ2n) is 7.67. The number of thiazole rings is 1. The van der Waals surface area contributed by atoms with Gasteiger partial charge in [0, 0.05) is 5.69 Å². The second kappa shape index (κ2) is 8.81. The van der Waals surface area contributed by atoms with Crippen molar-refractivity contribution in [1.29, 1.82) is 0 Å². The number of aryl methyl sites for hydroxylation is 1. The highest BCUT2D eigenvalue weighted by Crippen LogP contribution is 2.29. The maximum absolute atomic E-state index is 13.3. The molecule has 0 radical (unpaired) electrons. The van der Waals surface area contributed by atoms with Crippen molar-refractivity contribution in [3.63, 3.8) is 0 Å². The molecule has 5 rings (SSSR count). The number of hydrogen-bond donors (Lipinski definition) is 2. The van der Waals surface area contributed by atoms with Gasteiger partial charge < -0.3 is 10.6 Å². The van der Waals surface area contributed by atoms with Crippen molar-refractivity contribution in [2.75, 3.05) is 10.6 Å². The lowest BCUT2D eigenvalue weighted by Gasteiger charge is -2.13. The number of nitrogens with zero attached hydrogens (tertiary/aromatic N) is 3. The van der Waals surface area contributed by atoms with Crippen LogP contribution >= 0.6 is 22.7 Å². The number of thiophene rings is 1. The van der Waals surface area contributed by atoms with Gasteiger partial charge in [0.05, 0.1) is 26.8 Å². The Bertz CT molecular complexity index is 1570. The first-order valence-corrected chi connectivity index (χ1v) is 12.1. The van der Waals surface area contributed by atoms with Crippen LogP contribution in [0.5, 0.6) is 0 Å². The summed E-state index contributed by atoms with van der Waals surface area (Å²) in [7, 11) is 0. The highest BCUT2D eigenvalue weighted by molar-refractivity contribution is 7.22. The van der Waals surface area contributed by atoms with E-state index in [1.807, 2.05) is 42.5 Å². The lowest BCUT2D eigenvalue weighted by atomic mass is 10.2. The number of carbonyl (C=O) groups excluding carboxylic acids is 2. The monoisotopic (exact) mass is 489 g/mol. The maximum atomic E-state index is 13.3. The SMILES string of the molecule is Cc1c(C(=O)Nc2ccccc2)sc2ncn(C(C)C(=O)Nc3nc4ccccc4s3)c(=O)c12. The summed E-state index contributed by atoms with van der Waals surface area (Å²) < 4.78 is 2.24. The van der Waals surface area contributed by atoms with Crippen LogP contribution in [0, 0.1) is 6.92 Å². The summed E-state index contributed by atoms with van der Waals surface area (Å²) in [5.74, 6) is -0.684. The van der Waals surface area contributed by atoms with Crippen molar-refractivity contribution in [1.82, 2.24) is 14.5 Å². The molecular formula is C24H19N5O3S2. The summed E-state index contributed by atoms with van der Waals surface area (Å²) in [6, 6.07) is 15.9. The third-order valence-electron chi connectivity index (χ3n) is 5.43. The number of aromatic nitrogens is 3. The fourth-order valence-corrected chi connectivity index (χ4v) is 5.50. The van der Waals surface area contributed by atoms with Crippen molar-refractivity contribution in [3.8, 4) is 0 Å². The van der Waals surface area contributed by atoms with E-state index in [4.69, 9.17) is 0 Å². The van der Waals surface area contributed by atoms with Crippen molar-refractivity contribution in [3.05, 3.63) is 81.7 Å². The molecule has 0 aliphatic carbocycles. The molecular weight excluding hydrogens is 470 g/mol. The van der Waals surface area contributed by atoms with E-state index in [2.05, 4.69) is 20.6 Å². The van der Waals surface area contributed by atoms with Gasteiger partial charge in [0.1, 0.15) is 10.9 Å². The number of benzene rings is 2. The van der Waals surface area contributed by atoms with Crippen LogP contribution in [0.2, 0.25) is 0 Å². The second-order valence-corrected chi connectivity index (χ2v) is 9.70. The fraction of sp³-hybridized carbons (Fsp3) is 0.125. The molecule has 5 aromatic rings.